The van der Waals surface area contributed by atoms with Crippen LogP contribution in [0.4, 0.5) is 4.79 Å². The Morgan fingerprint density at radius 2 is 1.50 bits per heavy atom. The van der Waals surface area contributed by atoms with Gasteiger partial charge >= 0.3 is 6.03 Å². The molecule has 4 amide bonds. The van der Waals surface area contributed by atoms with Crippen LogP contribution in [-0.4, -0.2) is 29.6 Å². The van der Waals surface area contributed by atoms with Crippen molar-refractivity contribution in [3.63, 3.8) is 0 Å². The fourth-order valence-electron chi connectivity index (χ4n) is 0.966. The fourth-order valence-corrected chi connectivity index (χ4v) is 0.966. The van der Waals surface area contributed by atoms with Crippen molar-refractivity contribution in [3.8, 4) is 0 Å². The van der Waals surface area contributed by atoms with Crippen molar-refractivity contribution in [2.75, 3.05) is 0 Å². The molecule has 6 nitrogen and oxygen atoms in total. The summed E-state index contributed by atoms with van der Waals surface area (Å²) in [6.07, 6.45) is -1.26. The molecule has 0 unspecified atom stereocenters. The minimum absolute atomic E-state index is 0.625. The van der Waals surface area contributed by atoms with E-state index in [-0.39, 0.29) is 0 Å². The van der Waals surface area contributed by atoms with Crippen LogP contribution in [0.3, 0.4) is 0 Å². The molecule has 0 aliphatic carbocycles. The average molecular weight is 200 g/mol. The third-order valence-corrected chi connectivity index (χ3v) is 1.42. The predicted molar refractivity (Wildman–Crippen MR) is 46.3 cm³/mol. The Morgan fingerprint density at radius 3 is 1.86 bits per heavy atom. The molecular formula is C8H12N2O4. The standard InChI is InChI=1S/C8H12N2O4/c1-8(2,3)14-4-5(11)9-7(13)10-6(4)12/h4H,1-3H3,(H2,9,10,11,12,13). The van der Waals surface area contributed by atoms with Crippen LogP contribution in [-0.2, 0) is 14.3 Å². The highest BCUT2D eigenvalue weighted by molar-refractivity contribution is 6.18. The zero-order chi connectivity index (χ0) is 10.9. The first-order valence-electron chi connectivity index (χ1n) is 4.13. The Balaban J connectivity index is 2.73. The Bertz CT molecular complexity index is 272. The van der Waals surface area contributed by atoms with Crippen LogP contribution in [0.1, 0.15) is 20.8 Å². The molecule has 1 fully saturated rings. The number of carbonyl (C=O) groups excluding carboxylic acids is 3. The van der Waals surface area contributed by atoms with Gasteiger partial charge in [-0.15, -0.1) is 0 Å². The maximum atomic E-state index is 11.2. The zero-order valence-electron chi connectivity index (χ0n) is 8.21. The molecule has 0 spiro atoms. The van der Waals surface area contributed by atoms with E-state index in [1.54, 1.807) is 20.8 Å². The van der Waals surface area contributed by atoms with Crippen molar-refractivity contribution < 1.29 is 19.1 Å². The lowest BCUT2D eigenvalue weighted by molar-refractivity contribution is -0.156. The summed E-state index contributed by atoms with van der Waals surface area (Å²) in [6.45, 7) is 5.14. The van der Waals surface area contributed by atoms with E-state index in [4.69, 9.17) is 4.74 Å². The van der Waals surface area contributed by atoms with Crippen LogP contribution in [0.2, 0.25) is 0 Å². The van der Waals surface area contributed by atoms with Crippen LogP contribution in [0.5, 0.6) is 0 Å². The molecule has 1 saturated heterocycles. The topological polar surface area (TPSA) is 84.5 Å². The monoisotopic (exact) mass is 200 g/mol. The summed E-state index contributed by atoms with van der Waals surface area (Å²) in [4.78, 5) is 33.0. The number of urea groups is 1. The molecule has 0 aromatic rings. The van der Waals surface area contributed by atoms with E-state index in [0.717, 1.165) is 0 Å². The fraction of sp³-hybridized carbons (Fsp3) is 0.625. The Hall–Kier alpha value is -1.43. The molecular weight excluding hydrogens is 188 g/mol. The van der Waals surface area contributed by atoms with Crippen LogP contribution in [0.25, 0.3) is 0 Å². The number of hydrogen-bond acceptors (Lipinski definition) is 4. The van der Waals surface area contributed by atoms with Crippen LogP contribution in [0.15, 0.2) is 0 Å². The second-order valence-corrected chi connectivity index (χ2v) is 3.92. The molecule has 1 aliphatic heterocycles. The third-order valence-electron chi connectivity index (χ3n) is 1.42. The van der Waals surface area contributed by atoms with Crippen LogP contribution in [0, 0.1) is 0 Å². The average Bonchev–Trinajstić information content (AvgIpc) is 1.95. The Morgan fingerprint density at radius 1 is 1.07 bits per heavy atom. The number of barbiturate groups is 1. The molecule has 0 aromatic heterocycles. The maximum absolute atomic E-state index is 11.2. The first-order chi connectivity index (χ1) is 6.29. The van der Waals surface area contributed by atoms with E-state index in [9.17, 15) is 14.4 Å². The van der Waals surface area contributed by atoms with Gasteiger partial charge in [-0.1, -0.05) is 0 Å². The molecule has 78 valence electrons. The predicted octanol–water partition coefficient (Wildman–Crippen LogP) is -0.464. The van der Waals surface area contributed by atoms with Gasteiger partial charge in [-0.25, -0.2) is 4.79 Å². The van der Waals surface area contributed by atoms with Gasteiger partial charge in [0.05, 0.1) is 5.60 Å². The van der Waals surface area contributed by atoms with Crippen molar-refractivity contribution in [3.05, 3.63) is 0 Å². The van der Waals surface area contributed by atoms with Gasteiger partial charge in [0.1, 0.15) is 0 Å². The Labute approximate surface area is 81.0 Å². The molecule has 6 heteroatoms. The van der Waals surface area contributed by atoms with Gasteiger partial charge in [-0.2, -0.15) is 0 Å². The summed E-state index contributed by atoms with van der Waals surface area (Å²) in [5.74, 6) is -1.46. The Kier molecular flexibility index (Phi) is 2.57. The van der Waals surface area contributed by atoms with Gasteiger partial charge in [-0.3, -0.25) is 20.2 Å². The molecule has 0 aromatic carbocycles. The quantitative estimate of drug-likeness (QED) is 0.561. The molecule has 1 heterocycles. The molecule has 2 N–H and O–H groups in total. The number of ether oxygens (including phenoxy) is 1. The smallest absolute Gasteiger partial charge is 0.328 e. The van der Waals surface area contributed by atoms with Crippen molar-refractivity contribution >= 4 is 17.8 Å². The number of amides is 4. The van der Waals surface area contributed by atoms with E-state index in [1.807, 2.05) is 10.6 Å². The second kappa shape index (κ2) is 3.38. The summed E-state index contributed by atoms with van der Waals surface area (Å²) in [7, 11) is 0. The SMILES string of the molecule is CC(C)(C)OC1C(=O)NC(=O)NC1=O. The number of nitrogens with one attached hydrogen (secondary N) is 2. The number of rotatable bonds is 1. The lowest BCUT2D eigenvalue weighted by Gasteiger charge is -2.27. The second-order valence-electron chi connectivity index (χ2n) is 3.92. The minimum atomic E-state index is -1.26. The van der Waals surface area contributed by atoms with Gasteiger partial charge in [0, 0.05) is 0 Å². The van der Waals surface area contributed by atoms with E-state index in [0.29, 0.717) is 0 Å². The highest BCUT2D eigenvalue weighted by atomic mass is 16.5. The van der Waals surface area contributed by atoms with E-state index in [2.05, 4.69) is 0 Å². The molecule has 1 aliphatic rings. The van der Waals surface area contributed by atoms with Crippen LogP contribution >= 0.6 is 0 Å². The van der Waals surface area contributed by atoms with E-state index in [1.165, 1.54) is 0 Å². The molecule has 0 bridgehead atoms. The van der Waals surface area contributed by atoms with Crippen molar-refractivity contribution in [1.82, 2.24) is 10.6 Å². The summed E-state index contributed by atoms with van der Waals surface area (Å²) >= 11 is 0. The lowest BCUT2D eigenvalue weighted by atomic mass is 10.1. The van der Waals surface area contributed by atoms with Gasteiger partial charge in [0.15, 0.2) is 0 Å². The molecule has 0 radical (unpaired) electrons. The highest BCUT2D eigenvalue weighted by Gasteiger charge is 2.37. The van der Waals surface area contributed by atoms with Crippen molar-refractivity contribution in [2.45, 2.75) is 32.5 Å². The van der Waals surface area contributed by atoms with Gasteiger partial charge in [0.25, 0.3) is 11.8 Å². The first-order valence-corrected chi connectivity index (χ1v) is 4.13. The third kappa shape index (κ3) is 2.53. The van der Waals surface area contributed by atoms with Gasteiger partial charge in [-0.05, 0) is 20.8 Å². The lowest BCUT2D eigenvalue weighted by Crippen LogP contribution is -2.60. The maximum Gasteiger partial charge on any atom is 0.328 e. The van der Waals surface area contributed by atoms with Crippen molar-refractivity contribution in [1.29, 1.82) is 0 Å². The molecule has 0 atom stereocenters. The summed E-state index contributed by atoms with van der Waals surface area (Å²) in [5, 5.41) is 3.90. The molecule has 1 rings (SSSR count). The molecule has 0 saturated carbocycles. The van der Waals surface area contributed by atoms with E-state index >= 15 is 0 Å². The summed E-state index contributed by atoms with van der Waals surface area (Å²) in [5.41, 5.74) is -0.625. The zero-order valence-corrected chi connectivity index (χ0v) is 8.21. The number of imide groups is 2. The number of hydrogen-bond donors (Lipinski definition) is 2. The van der Waals surface area contributed by atoms with Gasteiger partial charge in [0.2, 0.25) is 6.10 Å². The minimum Gasteiger partial charge on any atom is -0.353 e. The summed E-state index contributed by atoms with van der Waals surface area (Å²) in [6, 6.07) is -0.811. The number of carbonyl (C=O) groups is 3. The van der Waals surface area contributed by atoms with Crippen molar-refractivity contribution in [2.24, 2.45) is 0 Å². The largest absolute Gasteiger partial charge is 0.353 e. The first kappa shape index (κ1) is 10.6. The highest BCUT2D eigenvalue weighted by Crippen LogP contribution is 2.12. The van der Waals surface area contributed by atoms with E-state index < -0.39 is 29.6 Å². The van der Waals surface area contributed by atoms with Gasteiger partial charge < -0.3 is 4.74 Å². The normalized spacial score (nSPS) is 19.2. The van der Waals surface area contributed by atoms with Crippen LogP contribution < -0.4 is 10.6 Å². The molecule has 14 heavy (non-hydrogen) atoms. The summed E-state index contributed by atoms with van der Waals surface area (Å²) < 4.78 is 5.18.